The topological polar surface area (TPSA) is 72.5 Å². The predicted octanol–water partition coefficient (Wildman–Crippen LogP) is 0.773. The first-order chi connectivity index (χ1) is 7.22. The Kier molecular flexibility index (Phi) is 10.1. The Morgan fingerprint density at radius 2 is 2.13 bits per heavy atom. The zero-order valence-corrected chi connectivity index (χ0v) is 10.1. The van der Waals surface area contributed by atoms with Gasteiger partial charge in [-0.05, 0) is 30.8 Å². The molecule has 1 unspecified atom stereocenters. The van der Waals surface area contributed by atoms with Crippen LogP contribution in [0.3, 0.4) is 0 Å². The van der Waals surface area contributed by atoms with Crippen LogP contribution in [0.5, 0.6) is 0 Å². The van der Waals surface area contributed by atoms with E-state index in [1.807, 2.05) is 0 Å². The van der Waals surface area contributed by atoms with Crippen LogP contribution in [0, 0.1) is 0 Å². The molecule has 0 bridgehead atoms. The third kappa shape index (κ3) is 8.72. The Morgan fingerprint density at radius 3 is 2.73 bits per heavy atom. The van der Waals surface area contributed by atoms with Crippen LogP contribution in [-0.4, -0.2) is 42.3 Å². The van der Waals surface area contributed by atoms with Gasteiger partial charge in [-0.1, -0.05) is 6.42 Å². The molecule has 3 N–H and O–H groups in total. The van der Waals surface area contributed by atoms with Gasteiger partial charge in [-0.3, -0.25) is 4.79 Å². The summed E-state index contributed by atoms with van der Waals surface area (Å²) in [5, 5.41) is 8.56. The van der Waals surface area contributed by atoms with E-state index >= 15 is 0 Å². The van der Waals surface area contributed by atoms with E-state index in [-0.39, 0.29) is 12.6 Å². The minimum absolute atomic E-state index is 0.276. The smallest absolute Gasteiger partial charge is 0.322 e. The van der Waals surface area contributed by atoms with Crippen LogP contribution in [0.2, 0.25) is 0 Å². The third-order valence-corrected chi connectivity index (χ3v) is 3.13. The monoisotopic (exact) mass is 235 g/mol. The van der Waals surface area contributed by atoms with Gasteiger partial charge in [0.1, 0.15) is 6.04 Å². The first-order valence-corrected chi connectivity index (χ1v) is 6.40. The summed E-state index contributed by atoms with van der Waals surface area (Å²) in [6, 6.07) is -0.486. The van der Waals surface area contributed by atoms with Crippen LogP contribution in [0.4, 0.5) is 0 Å². The number of unbranched alkanes of at least 4 members (excludes halogenated alkanes) is 2. The Labute approximate surface area is 95.6 Å². The van der Waals surface area contributed by atoms with Gasteiger partial charge >= 0.3 is 5.97 Å². The lowest BCUT2D eigenvalue weighted by Gasteiger charge is -2.08. The molecule has 0 radical (unpaired) electrons. The zero-order chi connectivity index (χ0) is 11.5. The molecule has 0 aliphatic carbocycles. The molecule has 0 heterocycles. The van der Waals surface area contributed by atoms with Crippen molar-refractivity contribution < 1.29 is 14.6 Å². The van der Waals surface area contributed by atoms with E-state index in [0.29, 0.717) is 6.42 Å². The minimum Gasteiger partial charge on any atom is -0.468 e. The number of hydrogen-bond acceptors (Lipinski definition) is 5. The van der Waals surface area contributed by atoms with E-state index in [1.165, 1.54) is 7.11 Å². The Hall–Kier alpha value is -0.260. The molecule has 0 aromatic rings. The first kappa shape index (κ1) is 14.7. The number of esters is 1. The van der Waals surface area contributed by atoms with Crippen molar-refractivity contribution in [1.29, 1.82) is 0 Å². The summed E-state index contributed by atoms with van der Waals surface area (Å²) in [7, 11) is 1.35. The van der Waals surface area contributed by atoms with Crippen molar-refractivity contribution in [3.63, 3.8) is 0 Å². The number of thioether (sulfide) groups is 1. The summed E-state index contributed by atoms with van der Waals surface area (Å²) in [5.41, 5.74) is 5.57. The van der Waals surface area contributed by atoms with Crippen molar-refractivity contribution >= 4 is 17.7 Å². The maximum absolute atomic E-state index is 10.9. The maximum atomic E-state index is 10.9. The van der Waals surface area contributed by atoms with Crippen LogP contribution >= 0.6 is 11.8 Å². The highest BCUT2D eigenvalue weighted by atomic mass is 32.2. The molecule has 4 nitrogen and oxygen atoms in total. The van der Waals surface area contributed by atoms with Gasteiger partial charge in [0.15, 0.2) is 0 Å². The second kappa shape index (κ2) is 10.3. The zero-order valence-electron chi connectivity index (χ0n) is 9.28. The molecular weight excluding hydrogens is 214 g/mol. The SMILES string of the molecule is COC(=O)C(N)CCSCCCCCO. The second-order valence-electron chi connectivity index (χ2n) is 3.31. The molecule has 0 spiro atoms. The highest BCUT2D eigenvalue weighted by Crippen LogP contribution is 2.08. The van der Waals surface area contributed by atoms with Crippen molar-refractivity contribution in [1.82, 2.24) is 0 Å². The maximum Gasteiger partial charge on any atom is 0.322 e. The average molecular weight is 235 g/mol. The van der Waals surface area contributed by atoms with Gasteiger partial charge in [0.25, 0.3) is 0 Å². The molecule has 0 saturated heterocycles. The molecule has 0 amide bonds. The summed E-state index contributed by atoms with van der Waals surface area (Å²) in [5.74, 6) is 1.61. The number of nitrogens with two attached hydrogens (primary N) is 1. The van der Waals surface area contributed by atoms with E-state index in [1.54, 1.807) is 11.8 Å². The van der Waals surface area contributed by atoms with Crippen molar-refractivity contribution in [2.75, 3.05) is 25.2 Å². The lowest BCUT2D eigenvalue weighted by molar-refractivity contribution is -0.142. The highest BCUT2D eigenvalue weighted by molar-refractivity contribution is 7.99. The molecule has 0 aliphatic heterocycles. The van der Waals surface area contributed by atoms with Crippen LogP contribution in [0.1, 0.15) is 25.7 Å². The van der Waals surface area contributed by atoms with Crippen molar-refractivity contribution in [3.8, 4) is 0 Å². The van der Waals surface area contributed by atoms with Crippen LogP contribution in [0.15, 0.2) is 0 Å². The molecule has 0 aromatic carbocycles. The molecule has 0 fully saturated rings. The number of methoxy groups -OCH3 is 1. The van der Waals surface area contributed by atoms with Crippen molar-refractivity contribution in [3.05, 3.63) is 0 Å². The number of carbonyl (C=O) groups excluding carboxylic acids is 1. The number of carbonyl (C=O) groups is 1. The normalized spacial score (nSPS) is 12.5. The molecule has 0 aliphatic rings. The van der Waals surface area contributed by atoms with E-state index in [4.69, 9.17) is 10.8 Å². The van der Waals surface area contributed by atoms with Gasteiger partial charge in [-0.25, -0.2) is 0 Å². The summed E-state index contributed by atoms with van der Waals surface area (Å²) in [4.78, 5) is 10.9. The summed E-state index contributed by atoms with van der Waals surface area (Å²) >= 11 is 1.79. The molecule has 15 heavy (non-hydrogen) atoms. The van der Waals surface area contributed by atoms with E-state index in [0.717, 1.165) is 30.8 Å². The number of ether oxygens (including phenoxy) is 1. The number of hydrogen-bond donors (Lipinski definition) is 2. The quantitative estimate of drug-likeness (QED) is 0.456. The highest BCUT2D eigenvalue weighted by Gasteiger charge is 2.12. The summed E-state index contributed by atoms with van der Waals surface area (Å²) in [6.07, 6.45) is 3.71. The molecule has 0 rings (SSSR count). The first-order valence-electron chi connectivity index (χ1n) is 5.24. The average Bonchev–Trinajstić information content (AvgIpc) is 2.26. The fourth-order valence-corrected chi connectivity index (χ4v) is 2.11. The molecular formula is C10H21NO3S. The van der Waals surface area contributed by atoms with Crippen LogP contribution in [0.25, 0.3) is 0 Å². The van der Waals surface area contributed by atoms with Crippen LogP contribution in [-0.2, 0) is 9.53 Å². The molecule has 1 atom stereocenters. The predicted molar refractivity (Wildman–Crippen MR) is 62.9 cm³/mol. The number of rotatable bonds is 9. The Bertz CT molecular complexity index is 167. The third-order valence-electron chi connectivity index (χ3n) is 2.02. The minimum atomic E-state index is -0.486. The van der Waals surface area contributed by atoms with Gasteiger partial charge in [-0.2, -0.15) is 11.8 Å². The number of aliphatic hydroxyl groups is 1. The fourth-order valence-electron chi connectivity index (χ4n) is 1.07. The Morgan fingerprint density at radius 1 is 1.40 bits per heavy atom. The molecule has 5 heteroatoms. The fraction of sp³-hybridized carbons (Fsp3) is 0.900. The lowest BCUT2D eigenvalue weighted by atomic mass is 10.2. The van der Waals surface area contributed by atoms with Gasteiger partial charge in [-0.15, -0.1) is 0 Å². The van der Waals surface area contributed by atoms with Gasteiger partial charge in [0.05, 0.1) is 7.11 Å². The van der Waals surface area contributed by atoms with Gasteiger partial charge in [0, 0.05) is 6.61 Å². The number of aliphatic hydroxyl groups excluding tert-OH is 1. The van der Waals surface area contributed by atoms with Gasteiger partial charge in [0.2, 0.25) is 0 Å². The standard InChI is InChI=1S/C10H21NO3S/c1-14-10(13)9(11)5-8-15-7-4-2-3-6-12/h9,12H,2-8,11H2,1H3. The van der Waals surface area contributed by atoms with Crippen molar-refractivity contribution in [2.45, 2.75) is 31.7 Å². The van der Waals surface area contributed by atoms with Gasteiger partial charge < -0.3 is 15.6 Å². The second-order valence-corrected chi connectivity index (χ2v) is 4.54. The molecule has 0 aromatic heterocycles. The summed E-state index contributed by atoms with van der Waals surface area (Å²) in [6.45, 7) is 0.276. The van der Waals surface area contributed by atoms with Crippen LogP contribution < -0.4 is 5.73 Å². The largest absolute Gasteiger partial charge is 0.468 e. The van der Waals surface area contributed by atoms with Crippen molar-refractivity contribution in [2.24, 2.45) is 5.73 Å². The lowest BCUT2D eigenvalue weighted by Crippen LogP contribution is -2.32. The summed E-state index contributed by atoms with van der Waals surface area (Å²) < 4.78 is 4.52. The molecule has 90 valence electrons. The Balaban J connectivity index is 3.20. The molecule has 0 saturated carbocycles. The van der Waals surface area contributed by atoms with E-state index < -0.39 is 6.04 Å². The van der Waals surface area contributed by atoms with E-state index in [9.17, 15) is 4.79 Å². The van der Waals surface area contributed by atoms with E-state index in [2.05, 4.69) is 4.74 Å².